The normalized spacial score (nSPS) is 24.3. The molecule has 4 heterocycles. The van der Waals surface area contributed by atoms with Crippen LogP contribution in [0.2, 0.25) is 0 Å². The van der Waals surface area contributed by atoms with E-state index in [9.17, 15) is 4.79 Å². The molecule has 7 nitrogen and oxygen atoms in total. The molecule has 0 unspecified atom stereocenters. The van der Waals surface area contributed by atoms with Crippen molar-refractivity contribution in [3.63, 3.8) is 0 Å². The Hall–Kier alpha value is -1.77. The SMILES string of the molecule is CCn1ncnc1CN1C[C@@H]2COC[C@H](C1)N(C(=O)c1ccsc1)C2. The van der Waals surface area contributed by atoms with Crippen LogP contribution in [0.4, 0.5) is 0 Å². The third-order valence-electron chi connectivity index (χ3n) is 4.93. The van der Waals surface area contributed by atoms with Gasteiger partial charge in [-0.05, 0) is 18.4 Å². The number of ether oxygens (including phenoxy) is 1. The number of carbonyl (C=O) groups is 1. The molecule has 0 radical (unpaired) electrons. The van der Waals surface area contributed by atoms with Gasteiger partial charge in [0.1, 0.15) is 12.2 Å². The van der Waals surface area contributed by atoms with Gasteiger partial charge in [-0.15, -0.1) is 0 Å². The molecule has 2 aliphatic rings. The van der Waals surface area contributed by atoms with Crippen molar-refractivity contribution in [1.82, 2.24) is 24.6 Å². The molecule has 134 valence electrons. The minimum Gasteiger partial charge on any atom is -0.379 e. The van der Waals surface area contributed by atoms with Gasteiger partial charge in [0.2, 0.25) is 0 Å². The van der Waals surface area contributed by atoms with Crippen LogP contribution < -0.4 is 0 Å². The number of amides is 1. The summed E-state index contributed by atoms with van der Waals surface area (Å²) in [6.45, 7) is 7.46. The predicted molar refractivity (Wildman–Crippen MR) is 94.4 cm³/mol. The molecule has 0 saturated carbocycles. The van der Waals surface area contributed by atoms with Crippen molar-refractivity contribution in [1.29, 1.82) is 0 Å². The van der Waals surface area contributed by atoms with E-state index in [-0.39, 0.29) is 11.9 Å². The van der Waals surface area contributed by atoms with Gasteiger partial charge in [0.15, 0.2) is 0 Å². The minimum atomic E-state index is 0.0814. The molecule has 2 atom stereocenters. The van der Waals surface area contributed by atoms with Gasteiger partial charge in [-0.2, -0.15) is 16.4 Å². The second kappa shape index (κ2) is 7.23. The monoisotopic (exact) mass is 361 g/mol. The van der Waals surface area contributed by atoms with Crippen LogP contribution in [0.25, 0.3) is 0 Å². The summed E-state index contributed by atoms with van der Waals surface area (Å²) in [6, 6.07) is 1.99. The largest absolute Gasteiger partial charge is 0.379 e. The van der Waals surface area contributed by atoms with Gasteiger partial charge in [-0.25, -0.2) is 9.67 Å². The highest BCUT2D eigenvalue weighted by Crippen LogP contribution is 2.23. The lowest BCUT2D eigenvalue weighted by Crippen LogP contribution is -2.46. The zero-order valence-electron chi connectivity index (χ0n) is 14.4. The Balaban J connectivity index is 1.53. The first-order valence-electron chi connectivity index (χ1n) is 8.74. The highest BCUT2D eigenvalue weighted by Gasteiger charge is 2.36. The van der Waals surface area contributed by atoms with Crippen LogP contribution in [0.3, 0.4) is 0 Å². The van der Waals surface area contributed by atoms with Gasteiger partial charge in [0.05, 0.1) is 31.4 Å². The van der Waals surface area contributed by atoms with Crippen LogP contribution in [0.5, 0.6) is 0 Å². The summed E-state index contributed by atoms with van der Waals surface area (Å²) in [5.74, 6) is 1.44. The van der Waals surface area contributed by atoms with Crippen molar-refractivity contribution in [2.45, 2.75) is 26.1 Å². The average Bonchev–Trinajstić information content (AvgIpc) is 3.20. The molecule has 4 rings (SSSR count). The van der Waals surface area contributed by atoms with E-state index < -0.39 is 0 Å². The van der Waals surface area contributed by atoms with Gasteiger partial charge in [-0.3, -0.25) is 9.69 Å². The lowest BCUT2D eigenvalue weighted by atomic mass is 10.1. The molecular formula is C17H23N5O2S. The lowest BCUT2D eigenvalue weighted by molar-refractivity contribution is 0.0417. The smallest absolute Gasteiger partial charge is 0.255 e. The van der Waals surface area contributed by atoms with Gasteiger partial charge in [0.25, 0.3) is 5.91 Å². The second-order valence-corrected chi connectivity index (χ2v) is 7.49. The molecule has 0 N–H and O–H groups in total. The molecule has 0 aliphatic carbocycles. The molecule has 25 heavy (non-hydrogen) atoms. The summed E-state index contributed by atoms with van der Waals surface area (Å²) in [6.07, 6.45) is 1.62. The fourth-order valence-electron chi connectivity index (χ4n) is 3.74. The Morgan fingerprint density at radius 2 is 2.28 bits per heavy atom. The molecule has 2 aromatic heterocycles. The van der Waals surface area contributed by atoms with E-state index in [0.29, 0.717) is 19.1 Å². The quantitative estimate of drug-likeness (QED) is 0.822. The third-order valence-corrected chi connectivity index (χ3v) is 5.62. The first-order chi connectivity index (χ1) is 12.2. The minimum absolute atomic E-state index is 0.0814. The van der Waals surface area contributed by atoms with Crippen molar-refractivity contribution in [2.24, 2.45) is 5.92 Å². The number of fused-ring (bicyclic) bond motifs is 3. The molecule has 0 aromatic carbocycles. The standard InChI is InChI=1S/C17H23N5O2S/c1-2-22-16(18-12-19-22)8-20-5-13-6-21(15(7-20)10-24-9-13)17(23)14-3-4-25-11-14/h3-4,11-13,15H,2,5-10H2,1H3/t13-,15-/m0/s1. The lowest BCUT2D eigenvalue weighted by Gasteiger charge is -2.31. The van der Waals surface area contributed by atoms with E-state index in [1.165, 1.54) is 0 Å². The highest BCUT2D eigenvalue weighted by atomic mass is 32.1. The maximum absolute atomic E-state index is 12.9. The zero-order valence-corrected chi connectivity index (χ0v) is 15.2. The van der Waals surface area contributed by atoms with Crippen LogP contribution in [0.1, 0.15) is 23.1 Å². The third kappa shape index (κ3) is 3.47. The fraction of sp³-hybridized carbons (Fsp3) is 0.588. The van der Waals surface area contributed by atoms with E-state index in [1.807, 2.05) is 26.4 Å². The van der Waals surface area contributed by atoms with E-state index in [2.05, 4.69) is 21.9 Å². The number of hydrogen-bond acceptors (Lipinski definition) is 6. The van der Waals surface area contributed by atoms with Crippen LogP contribution in [0, 0.1) is 5.92 Å². The Kier molecular flexibility index (Phi) is 4.82. The van der Waals surface area contributed by atoms with Crippen LogP contribution in [-0.4, -0.2) is 69.4 Å². The fourth-order valence-corrected chi connectivity index (χ4v) is 4.37. The summed E-state index contributed by atoms with van der Waals surface area (Å²) in [5.41, 5.74) is 0.787. The second-order valence-electron chi connectivity index (χ2n) is 6.71. The van der Waals surface area contributed by atoms with Crippen molar-refractivity contribution in [3.8, 4) is 0 Å². The van der Waals surface area contributed by atoms with Gasteiger partial charge < -0.3 is 9.64 Å². The molecule has 2 saturated heterocycles. The number of rotatable bonds is 4. The summed E-state index contributed by atoms with van der Waals surface area (Å²) >= 11 is 1.56. The average molecular weight is 361 g/mol. The molecule has 2 fully saturated rings. The Labute approximate surface area is 151 Å². The van der Waals surface area contributed by atoms with Crippen molar-refractivity contribution >= 4 is 17.2 Å². The number of aryl methyl sites for hydroxylation is 1. The van der Waals surface area contributed by atoms with E-state index >= 15 is 0 Å². The highest BCUT2D eigenvalue weighted by molar-refractivity contribution is 7.08. The van der Waals surface area contributed by atoms with E-state index in [4.69, 9.17) is 4.74 Å². The molecule has 2 aromatic rings. The predicted octanol–water partition coefficient (Wildman–Crippen LogP) is 1.33. The summed E-state index contributed by atoms with van der Waals surface area (Å²) in [4.78, 5) is 21.7. The Morgan fingerprint density at radius 3 is 3.08 bits per heavy atom. The van der Waals surface area contributed by atoms with Crippen LogP contribution in [0.15, 0.2) is 23.2 Å². The first kappa shape index (κ1) is 16.7. The van der Waals surface area contributed by atoms with Gasteiger partial charge >= 0.3 is 0 Å². The topological polar surface area (TPSA) is 63.5 Å². The number of carbonyl (C=O) groups excluding carboxylic acids is 1. The van der Waals surface area contributed by atoms with Gasteiger partial charge in [0, 0.05) is 37.5 Å². The Bertz CT molecular complexity index is 716. The van der Waals surface area contributed by atoms with Crippen molar-refractivity contribution < 1.29 is 9.53 Å². The van der Waals surface area contributed by atoms with Crippen LogP contribution in [-0.2, 0) is 17.8 Å². The number of aromatic nitrogens is 3. The molecule has 8 heteroatoms. The van der Waals surface area contributed by atoms with Crippen molar-refractivity contribution in [2.75, 3.05) is 32.8 Å². The number of hydrogen-bond donors (Lipinski definition) is 0. The summed E-state index contributed by atoms with van der Waals surface area (Å²) in [7, 11) is 0. The maximum atomic E-state index is 12.9. The Morgan fingerprint density at radius 1 is 1.36 bits per heavy atom. The molecule has 2 bridgehead atoms. The zero-order chi connectivity index (χ0) is 17.2. The summed E-state index contributed by atoms with van der Waals surface area (Å²) in [5, 5.41) is 8.15. The molecule has 1 amide bonds. The van der Waals surface area contributed by atoms with Crippen LogP contribution >= 0.6 is 11.3 Å². The number of nitrogens with zero attached hydrogens (tertiary/aromatic N) is 5. The summed E-state index contributed by atoms with van der Waals surface area (Å²) < 4.78 is 7.77. The van der Waals surface area contributed by atoms with Gasteiger partial charge in [-0.1, -0.05) is 0 Å². The maximum Gasteiger partial charge on any atom is 0.255 e. The molecule has 2 aliphatic heterocycles. The molecule has 0 spiro atoms. The number of thiophene rings is 1. The van der Waals surface area contributed by atoms with E-state index in [0.717, 1.165) is 44.1 Å². The van der Waals surface area contributed by atoms with Crippen molar-refractivity contribution in [3.05, 3.63) is 34.5 Å². The first-order valence-corrected chi connectivity index (χ1v) is 9.68. The molecular weight excluding hydrogens is 338 g/mol. The van der Waals surface area contributed by atoms with E-state index in [1.54, 1.807) is 17.7 Å².